The molecule has 8 heterocycles. The third kappa shape index (κ3) is 13.3. The summed E-state index contributed by atoms with van der Waals surface area (Å²) in [5.41, 5.74) is 22.5. The van der Waals surface area contributed by atoms with E-state index < -0.39 is 23.3 Å². The molecule has 0 N–H and O–H groups in total. The third-order valence-electron chi connectivity index (χ3n) is 21.2. The number of fused-ring (bicyclic) bond motifs is 12. The molecule has 0 fully saturated rings. The van der Waals surface area contributed by atoms with Gasteiger partial charge in [0.15, 0.2) is 30.4 Å². The normalized spacial score (nSPS) is 11.8. The van der Waals surface area contributed by atoms with E-state index in [0.29, 0.717) is 95.0 Å². The first kappa shape index (κ1) is 74.3. The van der Waals surface area contributed by atoms with Gasteiger partial charge < -0.3 is 17.7 Å². The van der Waals surface area contributed by atoms with Gasteiger partial charge in [-0.1, -0.05) is 85.7 Å². The molecule has 0 saturated carbocycles. The molecule has 0 amide bonds. The van der Waals surface area contributed by atoms with Crippen LogP contribution in [-0.2, 0) is 28.2 Å². The van der Waals surface area contributed by atoms with Crippen molar-refractivity contribution in [2.24, 2.45) is 28.2 Å². The maximum absolute atomic E-state index is 14.9. The van der Waals surface area contributed by atoms with Crippen molar-refractivity contribution in [3.8, 4) is 45.0 Å². The maximum Gasteiger partial charge on any atom is 0.216 e. The molecular formula is C92H89F7N4O4+4. The van der Waals surface area contributed by atoms with Crippen LogP contribution in [0.3, 0.4) is 0 Å². The number of pyridine rings is 4. The summed E-state index contributed by atoms with van der Waals surface area (Å²) in [4.78, 5) is 0. The van der Waals surface area contributed by atoms with E-state index in [2.05, 4.69) is 135 Å². The molecule has 8 aromatic carbocycles. The molecule has 16 aromatic rings. The zero-order chi connectivity index (χ0) is 77.0. The molecule has 0 aliphatic carbocycles. The number of furan rings is 4. The van der Waals surface area contributed by atoms with Crippen molar-refractivity contribution in [3.05, 3.63) is 260 Å². The Kier molecular flexibility index (Phi) is 20.0. The van der Waals surface area contributed by atoms with Gasteiger partial charge in [0.2, 0.25) is 22.8 Å². The van der Waals surface area contributed by atoms with Crippen LogP contribution >= 0.6 is 0 Å². The third-order valence-corrected chi connectivity index (χ3v) is 21.2. The Morgan fingerprint density at radius 2 is 0.645 bits per heavy atom. The highest BCUT2D eigenvalue weighted by molar-refractivity contribution is 6.14. The lowest BCUT2D eigenvalue weighted by Gasteiger charge is -2.10. The molecule has 107 heavy (non-hydrogen) atoms. The average molecular weight is 1450 g/mol. The van der Waals surface area contributed by atoms with Crippen molar-refractivity contribution in [1.82, 2.24) is 0 Å². The van der Waals surface area contributed by atoms with E-state index in [1.165, 1.54) is 59.5 Å². The van der Waals surface area contributed by atoms with Crippen molar-refractivity contribution in [2.75, 3.05) is 0 Å². The van der Waals surface area contributed by atoms with Crippen molar-refractivity contribution in [2.45, 2.75) is 134 Å². The van der Waals surface area contributed by atoms with Crippen LogP contribution in [-0.4, -0.2) is 0 Å². The van der Waals surface area contributed by atoms with Crippen molar-refractivity contribution in [1.29, 1.82) is 0 Å². The standard InChI is InChI=1S/3C23H22F2NO.C23H23FNO/c1-12(2)15-8-9-26(5)19(11-15)20-13(3)10-18(25)21-16-6-7-17(24)14(4)22(16)27-23(20)21;1-12(2)15-8-9-26(5)19(10-15)20-13(3)6-7-16-21-18(25)11-17(24)14(4)22(21)27-23(16)20;1-12(2)15-8-9-26(5)18(10-15)20-13(3)6-7-16-21-19(27-23(16)20)11-17(24)14(4)22(21)25;1-13(2)16-8-9-25(5)19(11-16)22-15(4)10-14(3)21-18-7-6-17(24)12-20(18)26-23(21)22/h3*6-12H,1-5H3;6-13H,1-5H3/q4*+1. The second-order valence-electron chi connectivity index (χ2n) is 30.0. The lowest BCUT2D eigenvalue weighted by Crippen LogP contribution is -2.31. The van der Waals surface area contributed by atoms with Gasteiger partial charge >= 0.3 is 0 Å². The van der Waals surface area contributed by atoms with Crippen LogP contribution in [0.2, 0.25) is 0 Å². The topological polar surface area (TPSA) is 68.1 Å². The first-order chi connectivity index (χ1) is 50.7. The number of aromatic nitrogens is 4. The maximum atomic E-state index is 14.9. The van der Waals surface area contributed by atoms with Crippen molar-refractivity contribution in [3.63, 3.8) is 0 Å². The van der Waals surface area contributed by atoms with E-state index >= 15 is 0 Å². The Morgan fingerprint density at radius 3 is 1.14 bits per heavy atom. The van der Waals surface area contributed by atoms with Crippen LogP contribution in [0, 0.1) is 96.1 Å². The van der Waals surface area contributed by atoms with Gasteiger partial charge in [-0.3, -0.25) is 0 Å². The number of halogens is 7. The summed E-state index contributed by atoms with van der Waals surface area (Å²) in [5, 5.41) is 5.05. The smallest absolute Gasteiger partial charge is 0.216 e. The molecule has 0 radical (unpaired) electrons. The van der Waals surface area contributed by atoms with Crippen LogP contribution < -0.4 is 18.3 Å². The van der Waals surface area contributed by atoms with Crippen LogP contribution in [0.5, 0.6) is 0 Å². The molecule has 0 spiro atoms. The largest absolute Gasteiger partial charge is 0.455 e. The highest BCUT2D eigenvalue weighted by Gasteiger charge is 2.30. The van der Waals surface area contributed by atoms with Gasteiger partial charge in [0, 0.05) is 110 Å². The average Bonchev–Trinajstić information content (AvgIpc) is 1.62. The fourth-order valence-corrected chi connectivity index (χ4v) is 14.8. The molecule has 8 nitrogen and oxygen atoms in total. The molecule has 0 atom stereocenters. The first-order valence-electron chi connectivity index (χ1n) is 36.3. The highest BCUT2D eigenvalue weighted by atomic mass is 19.2. The second kappa shape index (κ2) is 28.7. The number of benzene rings is 8. The minimum absolute atomic E-state index is 0.0136. The summed E-state index contributed by atoms with van der Waals surface area (Å²) in [5.74, 6) is -1.74. The molecule has 15 heteroatoms. The SMILES string of the molecule is Cc1cc(C)c2c(oc3cc(F)ccc32)c1-c1cc(C(C)C)cc[n+]1C.Cc1cc(F)c2c(oc3c(C)c(F)ccc32)c1-c1cc(C(C)C)cc[n+]1C.Cc1ccc2c(oc3c(C)c(F)cc(F)c32)c1-c1cc(C(C)C)cc[n+]1C.Cc1ccc2c(oc3cc(F)c(C)c(F)c32)c1-c1cc(C(C)C)cc[n+]1C. The predicted molar refractivity (Wildman–Crippen MR) is 415 cm³/mol. The second-order valence-corrected chi connectivity index (χ2v) is 30.0. The molecule has 0 saturated heterocycles. The number of hydrogen-bond acceptors (Lipinski definition) is 4. The Bertz CT molecular complexity index is 6280. The van der Waals surface area contributed by atoms with Crippen LogP contribution in [0.1, 0.15) is 146 Å². The van der Waals surface area contributed by atoms with Gasteiger partial charge in [0.25, 0.3) is 0 Å². The summed E-state index contributed by atoms with van der Waals surface area (Å²) in [6.07, 6.45) is 8.15. The summed E-state index contributed by atoms with van der Waals surface area (Å²) in [6, 6.07) is 38.4. The van der Waals surface area contributed by atoms with Crippen LogP contribution in [0.4, 0.5) is 30.7 Å². The Labute approximate surface area is 618 Å². The lowest BCUT2D eigenvalue weighted by molar-refractivity contribution is -0.660. The molecule has 16 rings (SSSR count). The molecule has 0 bridgehead atoms. The van der Waals surface area contributed by atoms with Gasteiger partial charge in [-0.05, 0) is 159 Å². The minimum Gasteiger partial charge on any atom is -0.455 e. The Hall–Kier alpha value is -10.9. The summed E-state index contributed by atoms with van der Waals surface area (Å²) < 4.78 is 133. The fraction of sp³-hybridized carbons (Fsp3) is 0.261. The molecule has 0 unspecified atom stereocenters. The fourth-order valence-electron chi connectivity index (χ4n) is 14.8. The molecule has 546 valence electrons. The first-order valence-corrected chi connectivity index (χ1v) is 36.3. The minimum atomic E-state index is -0.595. The monoisotopic (exact) mass is 1450 g/mol. The van der Waals surface area contributed by atoms with E-state index in [0.717, 1.165) is 95.3 Å². The van der Waals surface area contributed by atoms with Gasteiger partial charge in [-0.2, -0.15) is 0 Å². The van der Waals surface area contributed by atoms with E-state index in [9.17, 15) is 30.7 Å². The zero-order valence-electron chi connectivity index (χ0n) is 64.3. The number of hydrogen-bond donors (Lipinski definition) is 0. The number of rotatable bonds is 8. The van der Waals surface area contributed by atoms with E-state index in [4.69, 9.17) is 17.7 Å². The van der Waals surface area contributed by atoms with Crippen LogP contribution in [0.15, 0.2) is 170 Å². The van der Waals surface area contributed by atoms with E-state index in [1.54, 1.807) is 19.9 Å². The molecule has 0 aliphatic heterocycles. The Balaban J connectivity index is 0.000000126. The van der Waals surface area contributed by atoms with Gasteiger partial charge in [-0.25, -0.2) is 49.0 Å². The number of nitrogens with zero attached hydrogens (tertiary/aromatic N) is 4. The van der Waals surface area contributed by atoms with E-state index in [-0.39, 0.29) is 34.2 Å². The van der Waals surface area contributed by atoms with Crippen molar-refractivity contribution >= 4 is 87.8 Å². The lowest BCUT2D eigenvalue weighted by atomic mass is 9.95. The van der Waals surface area contributed by atoms with Gasteiger partial charge in [-0.15, -0.1) is 0 Å². The van der Waals surface area contributed by atoms with Gasteiger partial charge in [0.05, 0.1) is 38.4 Å². The quantitative estimate of drug-likeness (QED) is 0.112. The zero-order valence-corrected chi connectivity index (χ0v) is 64.3. The summed E-state index contributed by atoms with van der Waals surface area (Å²) in [7, 11) is 7.96. The van der Waals surface area contributed by atoms with Crippen LogP contribution in [0.25, 0.3) is 133 Å². The van der Waals surface area contributed by atoms with Gasteiger partial charge in [0.1, 0.15) is 108 Å². The summed E-state index contributed by atoms with van der Waals surface area (Å²) in [6.45, 7) is 32.1. The Morgan fingerprint density at radius 1 is 0.271 bits per heavy atom. The molecular weight excluding hydrogens is 1360 g/mol. The van der Waals surface area contributed by atoms with E-state index in [1.807, 2.05) is 112 Å². The summed E-state index contributed by atoms with van der Waals surface area (Å²) >= 11 is 0. The highest BCUT2D eigenvalue weighted by Crippen LogP contribution is 2.45. The van der Waals surface area contributed by atoms with Crippen molar-refractivity contribution < 1.29 is 66.7 Å². The molecule has 0 aliphatic rings. The predicted octanol–water partition coefficient (Wildman–Crippen LogP) is 24.2. The molecule has 8 aromatic heterocycles. The number of aryl methyl sites for hydroxylation is 11.